The van der Waals surface area contributed by atoms with Crippen molar-refractivity contribution in [1.29, 1.82) is 0 Å². The van der Waals surface area contributed by atoms with E-state index in [0.29, 0.717) is 5.76 Å². The normalized spacial score (nSPS) is 24.9. The molecule has 0 spiro atoms. The maximum atomic E-state index is 12.1. The molecule has 0 fully saturated rings. The van der Waals surface area contributed by atoms with Crippen molar-refractivity contribution in [3.8, 4) is 0 Å². The molecule has 2 aliphatic carbocycles. The van der Waals surface area contributed by atoms with Gasteiger partial charge in [0.05, 0.1) is 0 Å². The number of allylic oxidation sites excluding steroid dienone is 4. The van der Waals surface area contributed by atoms with Crippen molar-refractivity contribution in [2.45, 2.75) is 25.0 Å². The molecule has 0 bridgehead atoms. The van der Waals surface area contributed by atoms with Crippen molar-refractivity contribution in [3.05, 3.63) is 50.9 Å². The molecule has 2 atom stereocenters. The number of aliphatic hydroxyl groups excluding tert-OH is 3. The van der Waals surface area contributed by atoms with Gasteiger partial charge in [0.25, 0.3) is 0 Å². The average molecular weight is 274 g/mol. The van der Waals surface area contributed by atoms with Gasteiger partial charge in [-0.1, -0.05) is 18.2 Å². The minimum absolute atomic E-state index is 0.0858. The van der Waals surface area contributed by atoms with E-state index in [9.17, 15) is 20.1 Å². The van der Waals surface area contributed by atoms with Crippen LogP contribution in [0.2, 0.25) is 0 Å². The van der Waals surface area contributed by atoms with E-state index < -0.39 is 23.4 Å². The van der Waals surface area contributed by atoms with E-state index in [2.05, 4.69) is 0 Å². The lowest BCUT2D eigenvalue weighted by Crippen LogP contribution is -2.49. The Kier molecular flexibility index (Phi) is 3.08. The topological polar surface area (TPSA) is 90.9 Å². The van der Waals surface area contributed by atoms with Crippen LogP contribution in [-0.2, 0) is 0 Å². The highest BCUT2D eigenvalue weighted by atomic mass is 16.4. The lowest BCUT2D eigenvalue weighted by molar-refractivity contribution is 0.0756. The van der Waals surface area contributed by atoms with Crippen LogP contribution in [0, 0.1) is 0 Å². The number of fused-ring (bicyclic) bond motifs is 1. The van der Waals surface area contributed by atoms with E-state index in [1.807, 2.05) is 18.2 Å². The molecule has 0 radical (unpaired) electrons. The fraction of sp³-hybridized carbons (Fsp3) is 0.267. The summed E-state index contributed by atoms with van der Waals surface area (Å²) >= 11 is 0. The smallest absolute Gasteiger partial charge is 0.196 e. The highest BCUT2D eigenvalue weighted by Gasteiger charge is 2.25. The van der Waals surface area contributed by atoms with E-state index in [0.717, 1.165) is 18.4 Å². The molecule has 20 heavy (non-hydrogen) atoms. The Morgan fingerprint density at radius 1 is 1.25 bits per heavy atom. The molecule has 0 aliphatic heterocycles. The van der Waals surface area contributed by atoms with E-state index in [1.165, 1.54) is 12.1 Å². The molecule has 2 aliphatic rings. The Labute approximate surface area is 114 Å². The lowest BCUT2D eigenvalue weighted by Gasteiger charge is -2.17. The largest absolute Gasteiger partial charge is 0.509 e. The van der Waals surface area contributed by atoms with Crippen LogP contribution in [0.5, 0.6) is 0 Å². The molecule has 0 aromatic carbocycles. The van der Waals surface area contributed by atoms with Crippen LogP contribution < -0.4 is 16.1 Å². The third kappa shape index (κ3) is 2.01. The second-order valence-corrected chi connectivity index (χ2v) is 4.84. The third-order valence-electron chi connectivity index (χ3n) is 3.44. The van der Waals surface area contributed by atoms with Gasteiger partial charge in [0.15, 0.2) is 5.43 Å². The molecular weight excluding hydrogens is 260 g/mol. The van der Waals surface area contributed by atoms with Crippen molar-refractivity contribution in [3.63, 3.8) is 0 Å². The molecule has 3 rings (SSSR count). The standard InChI is InChI=1S/C15H14O5/c16-9-6-11(8-4-2-1-3-5-8)20-12-7-10(17)14(18)15(19)13(9)12/h2,4-7,10,14,17-19H,1,3H2. The summed E-state index contributed by atoms with van der Waals surface area (Å²) in [7, 11) is 0. The lowest BCUT2D eigenvalue weighted by atomic mass is 10.0. The van der Waals surface area contributed by atoms with E-state index in [4.69, 9.17) is 4.42 Å². The van der Waals surface area contributed by atoms with Crippen molar-refractivity contribution in [2.24, 2.45) is 0 Å². The van der Waals surface area contributed by atoms with Gasteiger partial charge in [-0.2, -0.15) is 0 Å². The molecule has 0 saturated carbocycles. The van der Waals surface area contributed by atoms with Crippen LogP contribution in [-0.4, -0.2) is 27.5 Å². The van der Waals surface area contributed by atoms with Gasteiger partial charge in [0.2, 0.25) is 0 Å². The SMILES string of the molecule is O=c1cc(C2=CCCC=C2)oc2c1=C(O)C(O)C(O)C=2. The zero-order valence-corrected chi connectivity index (χ0v) is 10.6. The summed E-state index contributed by atoms with van der Waals surface area (Å²) in [5, 5.41) is 28.9. The van der Waals surface area contributed by atoms with Crippen molar-refractivity contribution in [2.75, 3.05) is 0 Å². The monoisotopic (exact) mass is 274 g/mol. The first-order valence-electron chi connectivity index (χ1n) is 6.40. The second-order valence-electron chi connectivity index (χ2n) is 4.84. The molecule has 1 aromatic heterocycles. The average Bonchev–Trinajstić information content (AvgIpc) is 2.45. The first-order valence-corrected chi connectivity index (χ1v) is 6.40. The molecule has 1 heterocycles. The molecule has 2 unspecified atom stereocenters. The summed E-state index contributed by atoms with van der Waals surface area (Å²) in [5.74, 6) is -0.166. The summed E-state index contributed by atoms with van der Waals surface area (Å²) in [6, 6.07) is 1.29. The van der Waals surface area contributed by atoms with Crippen LogP contribution in [0.3, 0.4) is 0 Å². The Bertz CT molecular complexity index is 781. The molecule has 0 amide bonds. The fourth-order valence-electron chi connectivity index (χ4n) is 2.38. The number of hydrogen-bond donors (Lipinski definition) is 3. The summed E-state index contributed by atoms with van der Waals surface area (Å²) in [5.41, 5.74) is 0.438. The summed E-state index contributed by atoms with van der Waals surface area (Å²) in [6.45, 7) is 0. The molecule has 1 aromatic rings. The van der Waals surface area contributed by atoms with Crippen LogP contribution >= 0.6 is 0 Å². The van der Waals surface area contributed by atoms with Gasteiger partial charge < -0.3 is 19.7 Å². The quantitative estimate of drug-likeness (QED) is 0.645. The first kappa shape index (κ1) is 12.9. The van der Waals surface area contributed by atoms with Crippen LogP contribution in [0.25, 0.3) is 17.4 Å². The van der Waals surface area contributed by atoms with Gasteiger partial charge in [0, 0.05) is 11.6 Å². The summed E-state index contributed by atoms with van der Waals surface area (Å²) in [6.07, 6.45) is 6.08. The fourth-order valence-corrected chi connectivity index (χ4v) is 2.38. The van der Waals surface area contributed by atoms with Gasteiger partial charge in [-0.15, -0.1) is 0 Å². The van der Waals surface area contributed by atoms with Crippen molar-refractivity contribution >= 4 is 17.4 Å². The Hall–Kier alpha value is -2.11. The van der Waals surface area contributed by atoms with Gasteiger partial charge in [-0.25, -0.2) is 0 Å². The van der Waals surface area contributed by atoms with Gasteiger partial charge in [-0.05, 0) is 18.9 Å². The minimum atomic E-state index is -1.50. The third-order valence-corrected chi connectivity index (χ3v) is 3.44. The zero-order valence-electron chi connectivity index (χ0n) is 10.6. The maximum absolute atomic E-state index is 12.1. The number of hydrogen-bond acceptors (Lipinski definition) is 5. The van der Waals surface area contributed by atoms with Crippen LogP contribution in [0.1, 0.15) is 18.6 Å². The Morgan fingerprint density at radius 3 is 2.75 bits per heavy atom. The van der Waals surface area contributed by atoms with Gasteiger partial charge >= 0.3 is 0 Å². The molecular formula is C15H14O5. The molecule has 104 valence electrons. The van der Waals surface area contributed by atoms with Crippen LogP contribution in [0.15, 0.2) is 33.5 Å². The molecule has 0 saturated heterocycles. The predicted octanol–water partition coefficient (Wildman–Crippen LogP) is -0.445. The van der Waals surface area contributed by atoms with Crippen LogP contribution in [0.4, 0.5) is 0 Å². The minimum Gasteiger partial charge on any atom is -0.509 e. The second kappa shape index (κ2) is 4.77. The summed E-state index contributed by atoms with van der Waals surface area (Å²) in [4.78, 5) is 12.1. The highest BCUT2D eigenvalue weighted by molar-refractivity contribution is 5.71. The van der Waals surface area contributed by atoms with Gasteiger partial charge in [0.1, 0.15) is 34.4 Å². The van der Waals surface area contributed by atoms with E-state index >= 15 is 0 Å². The van der Waals surface area contributed by atoms with Gasteiger partial charge in [-0.3, -0.25) is 4.79 Å². The van der Waals surface area contributed by atoms with Crippen molar-refractivity contribution in [1.82, 2.24) is 0 Å². The number of rotatable bonds is 1. The van der Waals surface area contributed by atoms with E-state index in [1.54, 1.807) is 0 Å². The maximum Gasteiger partial charge on any atom is 0.196 e. The molecule has 5 heteroatoms. The zero-order chi connectivity index (χ0) is 14.3. The Balaban J connectivity index is 2.27. The van der Waals surface area contributed by atoms with E-state index in [-0.39, 0.29) is 10.6 Å². The predicted molar refractivity (Wildman–Crippen MR) is 73.1 cm³/mol. The Morgan fingerprint density at radius 2 is 2.05 bits per heavy atom. The first-order chi connectivity index (χ1) is 9.58. The summed E-state index contributed by atoms with van der Waals surface area (Å²) < 4.78 is 5.58. The molecule has 5 nitrogen and oxygen atoms in total. The number of aliphatic hydroxyl groups is 3. The van der Waals surface area contributed by atoms with Crippen molar-refractivity contribution < 1.29 is 19.7 Å². The highest BCUT2D eigenvalue weighted by Crippen LogP contribution is 2.19. The molecule has 3 N–H and O–H groups in total.